The van der Waals surface area contributed by atoms with Gasteiger partial charge in [0.25, 0.3) is 5.91 Å². The maximum absolute atomic E-state index is 12.2. The first-order chi connectivity index (χ1) is 12.0. The van der Waals surface area contributed by atoms with E-state index in [2.05, 4.69) is 15.4 Å². The Morgan fingerprint density at radius 3 is 2.48 bits per heavy atom. The van der Waals surface area contributed by atoms with E-state index in [1.54, 1.807) is 36.4 Å². The number of benzene rings is 2. The summed E-state index contributed by atoms with van der Waals surface area (Å²) in [5.74, 6) is -0.992. The Bertz CT molecular complexity index is 849. The Morgan fingerprint density at radius 1 is 1.12 bits per heavy atom. The molecule has 25 heavy (non-hydrogen) atoms. The molecule has 0 aromatic heterocycles. The van der Waals surface area contributed by atoms with Crippen molar-refractivity contribution >= 4 is 23.3 Å². The minimum atomic E-state index is -0.525. The van der Waals surface area contributed by atoms with Gasteiger partial charge in [0.05, 0.1) is 12.7 Å². The summed E-state index contributed by atoms with van der Waals surface area (Å²) < 4.78 is 4.65. The Morgan fingerprint density at radius 2 is 1.84 bits per heavy atom. The topological polar surface area (TPSA) is 91.2 Å². The normalized spacial score (nSPS) is 10.5. The van der Waals surface area contributed by atoms with Gasteiger partial charge < -0.3 is 15.4 Å². The minimum absolute atomic E-state index is 0.0935. The predicted octanol–water partition coefficient (Wildman–Crippen LogP) is 3.24. The molecule has 6 heteroatoms. The number of hydrogen-bond acceptors (Lipinski definition) is 5. The molecule has 0 heterocycles. The second kappa shape index (κ2) is 8.31. The zero-order chi connectivity index (χ0) is 18.2. The predicted molar refractivity (Wildman–Crippen MR) is 94.9 cm³/mol. The number of rotatable bonds is 5. The molecule has 0 unspecified atom stereocenters. The van der Waals surface area contributed by atoms with Crippen molar-refractivity contribution in [1.29, 1.82) is 5.26 Å². The van der Waals surface area contributed by atoms with Crippen LogP contribution in [-0.2, 0) is 9.53 Å². The lowest BCUT2D eigenvalue weighted by atomic mass is 10.2. The van der Waals surface area contributed by atoms with E-state index in [-0.39, 0.29) is 5.57 Å². The van der Waals surface area contributed by atoms with E-state index in [0.717, 1.165) is 5.56 Å². The van der Waals surface area contributed by atoms with Crippen LogP contribution >= 0.6 is 0 Å². The molecule has 2 aromatic rings. The van der Waals surface area contributed by atoms with Crippen LogP contribution in [0.1, 0.15) is 15.9 Å². The highest BCUT2D eigenvalue weighted by Gasteiger charge is 2.10. The summed E-state index contributed by atoms with van der Waals surface area (Å²) in [6.45, 7) is 1.94. The van der Waals surface area contributed by atoms with Gasteiger partial charge in [-0.15, -0.1) is 0 Å². The highest BCUT2D eigenvalue weighted by molar-refractivity contribution is 6.06. The molecule has 0 radical (unpaired) electrons. The number of carbonyl (C=O) groups is 2. The van der Waals surface area contributed by atoms with Gasteiger partial charge >= 0.3 is 5.97 Å². The van der Waals surface area contributed by atoms with Gasteiger partial charge in [-0.05, 0) is 37.3 Å². The average molecular weight is 335 g/mol. The van der Waals surface area contributed by atoms with Gasteiger partial charge in [-0.1, -0.05) is 23.8 Å². The summed E-state index contributed by atoms with van der Waals surface area (Å²) in [6.07, 6.45) is 1.29. The van der Waals surface area contributed by atoms with Gasteiger partial charge in [0.15, 0.2) is 0 Å². The first kappa shape index (κ1) is 17.8. The van der Waals surface area contributed by atoms with Crippen LogP contribution in [0.2, 0.25) is 0 Å². The lowest BCUT2D eigenvalue weighted by Crippen LogP contribution is -2.14. The molecule has 2 rings (SSSR count). The summed E-state index contributed by atoms with van der Waals surface area (Å²) >= 11 is 0. The van der Waals surface area contributed by atoms with Crippen molar-refractivity contribution in [3.8, 4) is 6.07 Å². The molecule has 2 N–H and O–H groups in total. The Balaban J connectivity index is 2.09. The fourth-order valence-corrected chi connectivity index (χ4v) is 1.99. The summed E-state index contributed by atoms with van der Waals surface area (Å²) in [5.41, 5.74) is 2.50. The van der Waals surface area contributed by atoms with Gasteiger partial charge in [0, 0.05) is 17.6 Å². The summed E-state index contributed by atoms with van der Waals surface area (Å²) in [4.78, 5) is 23.7. The van der Waals surface area contributed by atoms with E-state index in [1.165, 1.54) is 13.3 Å². The second-order valence-electron chi connectivity index (χ2n) is 5.21. The lowest BCUT2D eigenvalue weighted by Gasteiger charge is -2.06. The fraction of sp³-hybridized carbons (Fsp3) is 0.105. The van der Waals surface area contributed by atoms with Crippen molar-refractivity contribution < 1.29 is 14.3 Å². The second-order valence-corrected chi connectivity index (χ2v) is 5.21. The molecule has 0 aliphatic heterocycles. The van der Waals surface area contributed by atoms with Crippen LogP contribution in [-0.4, -0.2) is 19.0 Å². The zero-order valence-corrected chi connectivity index (χ0v) is 13.9. The number of anilines is 2. The summed E-state index contributed by atoms with van der Waals surface area (Å²) in [7, 11) is 1.30. The van der Waals surface area contributed by atoms with Crippen LogP contribution < -0.4 is 10.6 Å². The van der Waals surface area contributed by atoms with Crippen LogP contribution in [0.5, 0.6) is 0 Å². The molecule has 0 fully saturated rings. The molecule has 0 bridgehead atoms. The third kappa shape index (κ3) is 4.94. The largest absolute Gasteiger partial charge is 0.465 e. The molecule has 0 atom stereocenters. The maximum atomic E-state index is 12.2. The van der Waals surface area contributed by atoms with Crippen LogP contribution in [0.3, 0.4) is 0 Å². The van der Waals surface area contributed by atoms with E-state index in [9.17, 15) is 14.9 Å². The first-order valence-corrected chi connectivity index (χ1v) is 7.46. The number of esters is 1. The molecular formula is C19H17N3O3. The van der Waals surface area contributed by atoms with Gasteiger partial charge in [-0.2, -0.15) is 5.26 Å². The Kier molecular flexibility index (Phi) is 5.91. The standard InChI is InChI=1S/C19H17N3O3/c1-13-6-8-16(9-7-13)22-18(23)15(11-20)12-21-17-5-3-4-14(10-17)19(24)25-2/h3-10,12,21H,1-2H3,(H,22,23)/b15-12-. The Labute approximate surface area is 145 Å². The van der Waals surface area contributed by atoms with E-state index in [4.69, 9.17) is 0 Å². The number of ether oxygens (including phenoxy) is 1. The van der Waals surface area contributed by atoms with Crippen LogP contribution in [0.4, 0.5) is 11.4 Å². The number of carbonyl (C=O) groups excluding carboxylic acids is 2. The average Bonchev–Trinajstić information content (AvgIpc) is 2.63. The molecule has 0 aliphatic carbocycles. The van der Waals surface area contributed by atoms with Crippen LogP contribution in [0.15, 0.2) is 60.3 Å². The quantitative estimate of drug-likeness (QED) is 0.497. The molecule has 6 nitrogen and oxygen atoms in total. The smallest absolute Gasteiger partial charge is 0.337 e. The molecule has 126 valence electrons. The highest BCUT2D eigenvalue weighted by Crippen LogP contribution is 2.13. The van der Waals surface area contributed by atoms with Crippen molar-refractivity contribution in [3.63, 3.8) is 0 Å². The molecule has 0 saturated carbocycles. The Hall–Kier alpha value is -3.59. The summed E-state index contributed by atoms with van der Waals surface area (Å²) in [6, 6.07) is 15.6. The number of nitrogens with one attached hydrogen (secondary N) is 2. The van der Waals surface area contributed by atoms with Gasteiger partial charge in [0.1, 0.15) is 11.6 Å². The first-order valence-electron chi connectivity index (χ1n) is 7.46. The van der Waals surface area contributed by atoms with Crippen molar-refractivity contribution in [2.45, 2.75) is 6.92 Å². The van der Waals surface area contributed by atoms with E-state index in [0.29, 0.717) is 16.9 Å². The van der Waals surface area contributed by atoms with Crippen molar-refractivity contribution in [2.75, 3.05) is 17.7 Å². The van der Waals surface area contributed by atoms with Crippen LogP contribution in [0.25, 0.3) is 0 Å². The number of aryl methyl sites for hydroxylation is 1. The molecule has 1 amide bonds. The zero-order valence-electron chi connectivity index (χ0n) is 13.9. The summed E-state index contributed by atoms with van der Waals surface area (Å²) in [5, 5.41) is 14.7. The van der Waals surface area contributed by atoms with Crippen molar-refractivity contribution in [1.82, 2.24) is 0 Å². The number of amides is 1. The molecule has 2 aromatic carbocycles. The number of nitrogens with zero attached hydrogens (tertiary/aromatic N) is 1. The molecule has 0 aliphatic rings. The van der Waals surface area contributed by atoms with E-state index in [1.807, 2.05) is 25.1 Å². The lowest BCUT2D eigenvalue weighted by molar-refractivity contribution is -0.112. The fourth-order valence-electron chi connectivity index (χ4n) is 1.99. The molecular weight excluding hydrogens is 318 g/mol. The van der Waals surface area contributed by atoms with Crippen LogP contribution in [0, 0.1) is 18.3 Å². The third-order valence-electron chi connectivity index (χ3n) is 3.34. The van der Waals surface area contributed by atoms with E-state index < -0.39 is 11.9 Å². The molecule has 0 saturated heterocycles. The number of nitriles is 1. The van der Waals surface area contributed by atoms with Crippen molar-refractivity contribution in [3.05, 3.63) is 71.4 Å². The van der Waals surface area contributed by atoms with Gasteiger partial charge in [-0.3, -0.25) is 4.79 Å². The SMILES string of the molecule is COC(=O)c1cccc(N/C=C(/C#N)C(=O)Nc2ccc(C)cc2)c1. The van der Waals surface area contributed by atoms with Crippen molar-refractivity contribution in [2.24, 2.45) is 0 Å². The molecule has 0 spiro atoms. The maximum Gasteiger partial charge on any atom is 0.337 e. The van der Waals surface area contributed by atoms with Gasteiger partial charge in [-0.25, -0.2) is 4.79 Å². The van der Waals surface area contributed by atoms with Gasteiger partial charge in [0.2, 0.25) is 0 Å². The third-order valence-corrected chi connectivity index (χ3v) is 3.34. The monoisotopic (exact) mass is 335 g/mol. The number of hydrogen-bond donors (Lipinski definition) is 2. The van der Waals surface area contributed by atoms with E-state index >= 15 is 0 Å². The minimum Gasteiger partial charge on any atom is -0.465 e. The number of methoxy groups -OCH3 is 1. The highest BCUT2D eigenvalue weighted by atomic mass is 16.5.